The zero-order chi connectivity index (χ0) is 28.5. The van der Waals surface area contributed by atoms with Gasteiger partial charge >= 0.3 is 5.97 Å². The topological polar surface area (TPSA) is 96.4 Å². The number of esters is 1. The van der Waals surface area contributed by atoms with E-state index in [2.05, 4.69) is 13.2 Å². The first kappa shape index (κ1) is 30.0. The zero-order valence-corrected chi connectivity index (χ0v) is 23.5. The Morgan fingerprint density at radius 1 is 1.10 bits per heavy atom. The number of hydrogen-bond acceptors (Lipinski definition) is 6. The minimum atomic E-state index is -1.04. The summed E-state index contributed by atoms with van der Waals surface area (Å²) in [5, 5.41) is 9.14. The van der Waals surface area contributed by atoms with Crippen molar-refractivity contribution in [3.05, 3.63) is 61.2 Å². The van der Waals surface area contributed by atoms with Crippen molar-refractivity contribution in [3.8, 4) is 0 Å². The van der Waals surface area contributed by atoms with E-state index in [1.165, 1.54) is 0 Å². The van der Waals surface area contributed by atoms with Gasteiger partial charge in [-0.3, -0.25) is 14.4 Å². The Morgan fingerprint density at radius 2 is 1.88 bits per heavy atom. The highest BCUT2D eigenvalue weighted by molar-refractivity contribution is 5.98. The van der Waals surface area contributed by atoms with E-state index < -0.39 is 35.6 Å². The van der Waals surface area contributed by atoms with Gasteiger partial charge in [0.05, 0.1) is 24.5 Å². The largest absolute Gasteiger partial charge is 0.465 e. The van der Waals surface area contributed by atoms with Crippen LogP contribution in [0.5, 0.6) is 0 Å². The van der Waals surface area contributed by atoms with Crippen LogP contribution in [0.4, 0.5) is 0 Å². The molecule has 2 bridgehead atoms. The van der Waals surface area contributed by atoms with Crippen LogP contribution in [0, 0.1) is 11.8 Å². The van der Waals surface area contributed by atoms with Crippen molar-refractivity contribution in [1.29, 1.82) is 0 Å². The molecule has 8 nitrogen and oxygen atoms in total. The number of benzene rings is 1. The highest BCUT2D eigenvalue weighted by Gasteiger charge is 2.75. The molecule has 8 heteroatoms. The highest BCUT2D eigenvalue weighted by Crippen LogP contribution is 2.58. The van der Waals surface area contributed by atoms with Gasteiger partial charge in [-0.25, -0.2) is 0 Å². The number of unbranched alkanes of at least 4 members (excludes halogenated alkanes) is 5. The SMILES string of the molecule is C=CCCCCOC(=O)[C@@H]1[C@H]2C(=O)N(CCCCCCO)C(C(=O)N(CC=C)Cc3ccccc3)C23CC[C@H]1O3. The molecule has 2 amide bonds. The summed E-state index contributed by atoms with van der Waals surface area (Å²) in [5.41, 5.74) is -0.0480. The number of carbonyl (C=O) groups is 3. The lowest BCUT2D eigenvalue weighted by Crippen LogP contribution is -2.56. The molecule has 5 atom stereocenters. The molecule has 218 valence electrons. The Balaban J connectivity index is 1.58. The van der Waals surface area contributed by atoms with Crippen LogP contribution < -0.4 is 0 Å². The van der Waals surface area contributed by atoms with Gasteiger partial charge < -0.3 is 24.4 Å². The van der Waals surface area contributed by atoms with E-state index in [9.17, 15) is 14.4 Å². The van der Waals surface area contributed by atoms with Crippen molar-refractivity contribution in [2.24, 2.45) is 11.8 Å². The number of nitrogens with zero attached hydrogens (tertiary/aromatic N) is 2. The fourth-order valence-electron chi connectivity index (χ4n) is 6.71. The standard InChI is InChI=1S/C32H44N2O6/c1-3-5-6-14-22-39-31(38)26-25-17-18-32(40-25)27(26)29(36)34(20-12-7-8-13-21-35)28(32)30(37)33(19-4-2)23-24-15-10-9-11-16-24/h3-4,9-11,15-16,25-28,35H,1-2,5-8,12-14,17-23H2/t25-,26+,27+,28?,32?/m1/s1. The maximum Gasteiger partial charge on any atom is 0.312 e. The lowest BCUT2D eigenvalue weighted by atomic mass is 9.70. The van der Waals surface area contributed by atoms with Gasteiger partial charge in [0.15, 0.2) is 0 Å². The van der Waals surface area contributed by atoms with E-state index in [-0.39, 0.29) is 18.4 Å². The number of ether oxygens (including phenoxy) is 2. The molecule has 2 unspecified atom stereocenters. The lowest BCUT2D eigenvalue weighted by Gasteiger charge is -2.37. The summed E-state index contributed by atoms with van der Waals surface area (Å²) in [6.45, 7) is 9.15. The van der Waals surface area contributed by atoms with Gasteiger partial charge in [0, 0.05) is 26.2 Å². The van der Waals surface area contributed by atoms with Crippen LogP contribution in [-0.4, -0.2) is 76.7 Å². The van der Waals surface area contributed by atoms with Crippen LogP contribution in [0.1, 0.15) is 63.4 Å². The number of likely N-dealkylation sites (tertiary alicyclic amines) is 1. The fraction of sp³-hybridized carbons (Fsp3) is 0.594. The van der Waals surface area contributed by atoms with E-state index in [0.717, 1.165) is 37.7 Å². The molecule has 4 rings (SSSR count). The first-order valence-electron chi connectivity index (χ1n) is 14.8. The smallest absolute Gasteiger partial charge is 0.312 e. The van der Waals surface area contributed by atoms with Crippen LogP contribution in [0.15, 0.2) is 55.6 Å². The zero-order valence-electron chi connectivity index (χ0n) is 23.5. The summed E-state index contributed by atoms with van der Waals surface area (Å²) in [6, 6.07) is 8.96. The average Bonchev–Trinajstić information content (AvgIpc) is 3.60. The number of amides is 2. The van der Waals surface area contributed by atoms with E-state index in [4.69, 9.17) is 14.6 Å². The molecule has 3 aliphatic heterocycles. The molecule has 1 aromatic rings. The van der Waals surface area contributed by atoms with Crippen molar-refractivity contribution in [3.63, 3.8) is 0 Å². The number of rotatable bonds is 17. The van der Waals surface area contributed by atoms with Gasteiger partial charge in [-0.2, -0.15) is 0 Å². The quantitative estimate of drug-likeness (QED) is 0.178. The van der Waals surface area contributed by atoms with Crippen LogP contribution in [0.25, 0.3) is 0 Å². The molecule has 3 fully saturated rings. The molecule has 3 saturated heterocycles. The summed E-state index contributed by atoms with van der Waals surface area (Å²) in [5.74, 6) is -2.17. The number of allylic oxidation sites excluding steroid dienone is 1. The summed E-state index contributed by atoms with van der Waals surface area (Å²) < 4.78 is 12.2. The Bertz CT molecular complexity index is 1050. The average molecular weight is 553 g/mol. The second kappa shape index (κ2) is 14.1. The molecule has 0 aromatic heterocycles. The summed E-state index contributed by atoms with van der Waals surface area (Å²) in [6.07, 6.45) is 9.88. The number of fused-ring (bicyclic) bond motifs is 1. The van der Waals surface area contributed by atoms with E-state index in [1.54, 1.807) is 15.9 Å². The Hall–Kier alpha value is -2.97. The number of hydrogen-bond donors (Lipinski definition) is 1. The maximum absolute atomic E-state index is 14.4. The lowest BCUT2D eigenvalue weighted by molar-refractivity contribution is -0.155. The molecule has 0 saturated carbocycles. The van der Waals surface area contributed by atoms with Gasteiger partial charge in [0.25, 0.3) is 0 Å². The summed E-state index contributed by atoms with van der Waals surface area (Å²) >= 11 is 0. The van der Waals surface area contributed by atoms with Crippen LogP contribution >= 0.6 is 0 Å². The van der Waals surface area contributed by atoms with Gasteiger partial charge in [-0.15, -0.1) is 13.2 Å². The first-order chi connectivity index (χ1) is 19.5. The summed E-state index contributed by atoms with van der Waals surface area (Å²) in [4.78, 5) is 45.2. The Kier molecular flexibility index (Phi) is 10.6. The van der Waals surface area contributed by atoms with Crippen LogP contribution in [0.2, 0.25) is 0 Å². The van der Waals surface area contributed by atoms with Gasteiger partial charge in [-0.05, 0) is 50.5 Å². The normalized spacial score (nSPS) is 26.5. The molecule has 3 heterocycles. The second-order valence-electron chi connectivity index (χ2n) is 11.2. The van der Waals surface area contributed by atoms with Crippen molar-refractivity contribution >= 4 is 17.8 Å². The van der Waals surface area contributed by atoms with Crippen LogP contribution in [0.3, 0.4) is 0 Å². The molecule has 0 aliphatic carbocycles. The summed E-state index contributed by atoms with van der Waals surface area (Å²) in [7, 11) is 0. The monoisotopic (exact) mass is 552 g/mol. The van der Waals surface area contributed by atoms with Crippen molar-refractivity contribution in [1.82, 2.24) is 9.80 Å². The Labute approximate surface area is 238 Å². The Morgan fingerprint density at radius 3 is 2.60 bits per heavy atom. The van der Waals surface area contributed by atoms with Gasteiger partial charge in [0.1, 0.15) is 11.6 Å². The predicted molar refractivity (Wildman–Crippen MR) is 152 cm³/mol. The predicted octanol–water partition coefficient (Wildman–Crippen LogP) is 4.03. The minimum absolute atomic E-state index is 0.136. The molecular weight excluding hydrogens is 508 g/mol. The van der Waals surface area contributed by atoms with Crippen LogP contribution in [-0.2, 0) is 30.4 Å². The number of aliphatic hydroxyl groups excluding tert-OH is 1. The van der Waals surface area contributed by atoms with Gasteiger partial charge in [0.2, 0.25) is 11.8 Å². The number of aliphatic hydroxyl groups is 1. The highest BCUT2D eigenvalue weighted by atomic mass is 16.6. The van der Waals surface area contributed by atoms with Crippen molar-refractivity contribution in [2.45, 2.75) is 82.1 Å². The third-order valence-electron chi connectivity index (χ3n) is 8.54. The number of carbonyl (C=O) groups excluding carboxylic acids is 3. The molecule has 40 heavy (non-hydrogen) atoms. The van der Waals surface area contributed by atoms with E-state index in [1.807, 2.05) is 36.4 Å². The van der Waals surface area contributed by atoms with E-state index >= 15 is 0 Å². The van der Waals surface area contributed by atoms with Gasteiger partial charge in [-0.1, -0.05) is 55.3 Å². The molecule has 1 spiro atoms. The third-order valence-corrected chi connectivity index (χ3v) is 8.54. The molecular formula is C32H44N2O6. The first-order valence-corrected chi connectivity index (χ1v) is 14.8. The third kappa shape index (κ3) is 6.18. The molecule has 1 N–H and O–H groups in total. The molecule has 3 aliphatic rings. The molecule has 1 aromatic carbocycles. The van der Waals surface area contributed by atoms with E-state index in [0.29, 0.717) is 51.9 Å². The van der Waals surface area contributed by atoms with Crippen molar-refractivity contribution < 1.29 is 29.0 Å². The maximum atomic E-state index is 14.4. The van der Waals surface area contributed by atoms with Crippen molar-refractivity contribution in [2.75, 3.05) is 26.3 Å². The second-order valence-corrected chi connectivity index (χ2v) is 11.2. The minimum Gasteiger partial charge on any atom is -0.465 e. The molecule has 0 radical (unpaired) electrons. The fourth-order valence-corrected chi connectivity index (χ4v) is 6.71.